The molecule has 0 saturated carbocycles. The zero-order valence-electron chi connectivity index (χ0n) is 22.4. The Balaban J connectivity index is 1.55. The second-order valence-electron chi connectivity index (χ2n) is 9.75. The van der Waals surface area contributed by atoms with Crippen LogP contribution in [0, 0.1) is 5.82 Å². The van der Waals surface area contributed by atoms with Crippen molar-refractivity contribution < 1.29 is 26.8 Å². The van der Waals surface area contributed by atoms with Crippen molar-refractivity contribution in [3.8, 4) is 28.2 Å². The summed E-state index contributed by atoms with van der Waals surface area (Å²) in [6.07, 6.45) is 6.42. The van der Waals surface area contributed by atoms with Gasteiger partial charge in [-0.15, -0.1) is 0 Å². The van der Waals surface area contributed by atoms with Crippen LogP contribution in [0.25, 0.3) is 33.4 Å². The zero-order chi connectivity index (χ0) is 28.9. The average Bonchev–Trinajstić information content (AvgIpc) is 3.57. The molecule has 0 radical (unpaired) electrons. The molecule has 41 heavy (non-hydrogen) atoms. The Morgan fingerprint density at radius 2 is 1.88 bits per heavy atom. The first kappa shape index (κ1) is 26.5. The predicted octanol–water partition coefficient (Wildman–Crippen LogP) is 5.13. The lowest BCUT2D eigenvalue weighted by Crippen LogP contribution is -2.25. The van der Waals surface area contributed by atoms with Gasteiger partial charge in [0, 0.05) is 72.8 Å². The van der Waals surface area contributed by atoms with Crippen LogP contribution in [-0.2, 0) is 16.4 Å². The lowest BCUT2D eigenvalue weighted by atomic mass is 9.97. The van der Waals surface area contributed by atoms with Crippen LogP contribution < -0.4 is 14.4 Å². The molecular formula is C30H25FN4O5S. The number of benzene rings is 2. The fourth-order valence-electron chi connectivity index (χ4n) is 4.98. The van der Waals surface area contributed by atoms with Crippen LogP contribution in [0.15, 0.2) is 77.6 Å². The van der Waals surface area contributed by atoms with Crippen molar-refractivity contribution >= 4 is 32.6 Å². The summed E-state index contributed by atoms with van der Waals surface area (Å²) in [6.45, 7) is 0. The number of ether oxygens (including phenoxy) is 1. The van der Waals surface area contributed by atoms with Gasteiger partial charge in [0.05, 0.1) is 23.2 Å². The second-order valence-corrected chi connectivity index (χ2v) is 11.8. The lowest BCUT2D eigenvalue weighted by Gasteiger charge is -2.21. The Morgan fingerprint density at radius 3 is 2.59 bits per heavy atom. The van der Waals surface area contributed by atoms with Gasteiger partial charge in [-0.3, -0.25) is 19.1 Å². The van der Waals surface area contributed by atoms with E-state index in [2.05, 4.69) is 15.3 Å². The van der Waals surface area contributed by atoms with Gasteiger partial charge in [-0.05, 0) is 48.5 Å². The number of carbonyl (C=O) groups is 1. The highest BCUT2D eigenvalue weighted by molar-refractivity contribution is 7.92. The molecule has 1 unspecified atom stereocenters. The van der Waals surface area contributed by atoms with Crippen LogP contribution in [0.5, 0.6) is 5.75 Å². The van der Waals surface area contributed by atoms with E-state index in [9.17, 15) is 17.6 Å². The number of pyridine rings is 2. The van der Waals surface area contributed by atoms with Gasteiger partial charge >= 0.3 is 0 Å². The first-order valence-corrected chi connectivity index (χ1v) is 14.6. The first-order valence-electron chi connectivity index (χ1n) is 12.7. The number of hydrogen-bond donors (Lipinski definition) is 1. The Hall–Kier alpha value is -4.77. The predicted molar refractivity (Wildman–Crippen MR) is 153 cm³/mol. The third kappa shape index (κ3) is 4.78. The molecule has 0 bridgehead atoms. The van der Waals surface area contributed by atoms with Gasteiger partial charge in [-0.1, -0.05) is 0 Å². The second kappa shape index (κ2) is 10.0. The summed E-state index contributed by atoms with van der Waals surface area (Å²) < 4.78 is 52.4. The minimum atomic E-state index is -3.68. The van der Waals surface area contributed by atoms with E-state index in [4.69, 9.17) is 9.15 Å². The molecule has 1 aliphatic rings. The molecule has 1 atom stereocenters. The van der Waals surface area contributed by atoms with Gasteiger partial charge in [-0.2, -0.15) is 0 Å². The van der Waals surface area contributed by atoms with E-state index in [0.29, 0.717) is 45.5 Å². The summed E-state index contributed by atoms with van der Waals surface area (Å²) >= 11 is 0. The maximum atomic E-state index is 13.7. The van der Waals surface area contributed by atoms with Crippen molar-refractivity contribution in [3.05, 3.63) is 95.8 Å². The van der Waals surface area contributed by atoms with E-state index in [0.717, 1.165) is 21.8 Å². The summed E-state index contributed by atoms with van der Waals surface area (Å²) in [5.74, 6) is 0.114. The van der Waals surface area contributed by atoms with Gasteiger partial charge < -0.3 is 14.5 Å². The Kier molecular flexibility index (Phi) is 6.46. The van der Waals surface area contributed by atoms with E-state index >= 15 is 0 Å². The van der Waals surface area contributed by atoms with E-state index in [1.165, 1.54) is 38.4 Å². The van der Waals surface area contributed by atoms with Gasteiger partial charge in [-0.25, -0.2) is 12.8 Å². The number of fused-ring (bicyclic) bond motifs is 2. The lowest BCUT2D eigenvalue weighted by molar-refractivity contribution is 0.0964. The molecule has 4 heterocycles. The van der Waals surface area contributed by atoms with Gasteiger partial charge in [0.15, 0.2) is 0 Å². The molecule has 1 amide bonds. The number of nitrogens with one attached hydrogen (secondary N) is 1. The number of sulfonamides is 1. The van der Waals surface area contributed by atoms with Crippen LogP contribution in [0.3, 0.4) is 0 Å². The normalized spacial score (nSPS) is 14.5. The number of carbonyl (C=O) groups excluding carboxylic acids is 1. The highest BCUT2D eigenvalue weighted by atomic mass is 32.2. The monoisotopic (exact) mass is 572 g/mol. The fourth-order valence-corrected chi connectivity index (χ4v) is 5.49. The van der Waals surface area contributed by atoms with Crippen LogP contribution >= 0.6 is 0 Å². The van der Waals surface area contributed by atoms with Gasteiger partial charge in [0.1, 0.15) is 29.0 Å². The topological polar surface area (TPSA) is 115 Å². The molecule has 6 rings (SSSR count). The molecule has 0 fully saturated rings. The largest absolute Gasteiger partial charge is 0.483 e. The molecule has 0 aliphatic carbocycles. The van der Waals surface area contributed by atoms with Crippen molar-refractivity contribution in [2.24, 2.45) is 0 Å². The van der Waals surface area contributed by atoms with Crippen molar-refractivity contribution in [1.82, 2.24) is 15.3 Å². The molecule has 1 aliphatic heterocycles. The van der Waals surface area contributed by atoms with Crippen LogP contribution in [0.4, 0.5) is 10.1 Å². The van der Waals surface area contributed by atoms with Crippen molar-refractivity contribution in [2.45, 2.75) is 12.5 Å². The average molecular weight is 573 g/mol. The highest BCUT2D eigenvalue weighted by Gasteiger charge is 2.28. The van der Waals surface area contributed by atoms with Crippen molar-refractivity contribution in [3.63, 3.8) is 0 Å². The molecule has 208 valence electrons. The summed E-state index contributed by atoms with van der Waals surface area (Å²) in [4.78, 5) is 22.0. The summed E-state index contributed by atoms with van der Waals surface area (Å²) in [5, 5.41) is 3.10. The molecule has 2 aromatic carbocycles. The third-order valence-electron chi connectivity index (χ3n) is 7.14. The van der Waals surface area contributed by atoms with Crippen molar-refractivity contribution in [1.29, 1.82) is 0 Å². The van der Waals surface area contributed by atoms with Crippen molar-refractivity contribution in [2.75, 3.05) is 24.7 Å². The standard InChI is InChI=1S/C30H25FN4O5S/c1-32-30(36)28-22-12-21(18-11-19(16-33-15-18)26-13-23-25(39-26)5-4-10-34-23)24(35(2)41(3,37)38)14-27(22)40-29(28)17-6-8-20(31)9-7-17/h4-12,14-16,26H,13H2,1-3H3,(H,32,36). The summed E-state index contributed by atoms with van der Waals surface area (Å²) in [5.41, 5.74) is 4.15. The highest BCUT2D eigenvalue weighted by Crippen LogP contribution is 2.42. The van der Waals surface area contributed by atoms with E-state index < -0.39 is 21.7 Å². The number of anilines is 1. The third-order valence-corrected chi connectivity index (χ3v) is 8.33. The molecule has 0 spiro atoms. The number of nitrogens with zero attached hydrogens (tertiary/aromatic N) is 3. The Labute approximate surface area is 235 Å². The number of aromatic nitrogens is 2. The quantitative estimate of drug-likeness (QED) is 0.300. The number of halogens is 1. The van der Waals surface area contributed by atoms with Crippen LogP contribution in [0.1, 0.15) is 27.7 Å². The molecule has 3 aromatic heterocycles. The van der Waals surface area contributed by atoms with Gasteiger partial charge in [0.2, 0.25) is 10.0 Å². The molecule has 9 nitrogen and oxygen atoms in total. The maximum absolute atomic E-state index is 13.7. The Bertz CT molecular complexity index is 1900. The molecule has 11 heteroatoms. The maximum Gasteiger partial charge on any atom is 0.255 e. The van der Waals surface area contributed by atoms with Crippen LogP contribution in [0.2, 0.25) is 0 Å². The molecular weight excluding hydrogens is 547 g/mol. The number of hydrogen-bond acceptors (Lipinski definition) is 7. The fraction of sp³-hybridized carbons (Fsp3) is 0.167. The minimum Gasteiger partial charge on any atom is -0.483 e. The minimum absolute atomic E-state index is 0.237. The van der Waals surface area contributed by atoms with Gasteiger partial charge in [0.25, 0.3) is 5.91 Å². The van der Waals surface area contributed by atoms with E-state index in [1.807, 2.05) is 18.2 Å². The SMILES string of the molecule is CNC(=O)c1c(-c2ccc(F)cc2)oc2cc(N(C)S(C)(=O)=O)c(-c3cncc(C4Cc5ncccc5O4)c3)cc12. The van der Waals surface area contributed by atoms with E-state index in [-0.39, 0.29) is 17.4 Å². The zero-order valence-corrected chi connectivity index (χ0v) is 23.2. The summed E-state index contributed by atoms with van der Waals surface area (Å²) in [6, 6.07) is 14.5. The van der Waals surface area contributed by atoms with Crippen LogP contribution in [-0.4, -0.2) is 44.6 Å². The smallest absolute Gasteiger partial charge is 0.255 e. The Morgan fingerprint density at radius 1 is 1.10 bits per heavy atom. The molecule has 1 N–H and O–H groups in total. The number of rotatable bonds is 6. The first-order chi connectivity index (χ1) is 19.6. The molecule has 0 saturated heterocycles. The summed E-state index contributed by atoms with van der Waals surface area (Å²) in [7, 11) is -0.729. The number of furan rings is 1. The number of amides is 1. The molecule has 5 aromatic rings. The van der Waals surface area contributed by atoms with E-state index in [1.54, 1.807) is 30.7 Å².